The molecule has 19 heavy (non-hydrogen) atoms. The molecule has 0 atom stereocenters. The molecule has 3 rings (SSSR count). The third kappa shape index (κ3) is 2.10. The van der Waals surface area contributed by atoms with Crippen LogP contribution in [0.1, 0.15) is 5.56 Å². The normalized spacial score (nSPS) is 10.7. The lowest BCUT2D eigenvalue weighted by Gasteiger charge is -2.08. The van der Waals surface area contributed by atoms with Crippen LogP contribution in [0.4, 0.5) is 4.79 Å². The van der Waals surface area contributed by atoms with E-state index in [9.17, 15) is 9.90 Å². The number of ether oxygens (including phenoxy) is 1. The fraction of sp³-hybridized carbons (Fsp3) is 0.0625. The molecule has 0 aromatic heterocycles. The minimum Gasteiger partial charge on any atom is -0.427 e. The molecular formula is C16H11O3. The van der Waals surface area contributed by atoms with Gasteiger partial charge in [0.2, 0.25) is 0 Å². The lowest BCUT2D eigenvalue weighted by Crippen LogP contribution is -1.99. The SMILES string of the molecule is [O]C(=O)OCc1cccc2c1ccc1ccccc12. The number of rotatable bonds is 2. The van der Waals surface area contributed by atoms with Crippen LogP contribution in [0.15, 0.2) is 54.6 Å². The largest absolute Gasteiger partial charge is 0.550 e. The maximum Gasteiger partial charge on any atom is 0.550 e. The first-order valence-corrected chi connectivity index (χ1v) is 5.99. The summed E-state index contributed by atoms with van der Waals surface area (Å²) in [5.41, 5.74) is 0.840. The number of carbonyl (C=O) groups is 1. The Kier molecular flexibility index (Phi) is 2.80. The van der Waals surface area contributed by atoms with Crippen LogP contribution in [0.3, 0.4) is 0 Å². The van der Waals surface area contributed by atoms with Crippen molar-refractivity contribution in [2.75, 3.05) is 0 Å². The smallest absolute Gasteiger partial charge is 0.427 e. The summed E-state index contributed by atoms with van der Waals surface area (Å²) in [6, 6.07) is 17.9. The van der Waals surface area contributed by atoms with E-state index in [2.05, 4.69) is 16.9 Å². The summed E-state index contributed by atoms with van der Waals surface area (Å²) in [5.74, 6) is 0. The van der Waals surface area contributed by atoms with Gasteiger partial charge in [0.05, 0.1) is 0 Å². The van der Waals surface area contributed by atoms with Crippen molar-refractivity contribution in [3.8, 4) is 0 Å². The van der Waals surface area contributed by atoms with Crippen molar-refractivity contribution in [3.05, 3.63) is 60.2 Å². The minimum absolute atomic E-state index is 0.0119. The average molecular weight is 251 g/mol. The van der Waals surface area contributed by atoms with E-state index in [0.29, 0.717) is 0 Å². The van der Waals surface area contributed by atoms with Gasteiger partial charge in [0.1, 0.15) is 6.61 Å². The molecule has 0 unspecified atom stereocenters. The monoisotopic (exact) mass is 251 g/mol. The van der Waals surface area contributed by atoms with Crippen molar-refractivity contribution in [2.24, 2.45) is 0 Å². The lowest BCUT2D eigenvalue weighted by molar-refractivity contribution is 0.0622. The molecule has 0 aliphatic rings. The Morgan fingerprint density at radius 1 is 0.842 bits per heavy atom. The maximum atomic E-state index is 10.4. The van der Waals surface area contributed by atoms with Crippen molar-refractivity contribution in [1.29, 1.82) is 0 Å². The van der Waals surface area contributed by atoms with E-state index >= 15 is 0 Å². The Morgan fingerprint density at radius 2 is 1.63 bits per heavy atom. The summed E-state index contributed by atoms with van der Waals surface area (Å²) < 4.78 is 4.55. The number of carbonyl (C=O) groups excluding carboxylic acids is 1. The van der Waals surface area contributed by atoms with Gasteiger partial charge < -0.3 is 4.74 Å². The topological polar surface area (TPSA) is 46.2 Å². The van der Waals surface area contributed by atoms with Gasteiger partial charge in [-0.2, -0.15) is 9.90 Å². The minimum atomic E-state index is -1.50. The van der Waals surface area contributed by atoms with Crippen LogP contribution in [0.25, 0.3) is 21.5 Å². The van der Waals surface area contributed by atoms with Gasteiger partial charge in [-0.15, -0.1) is 0 Å². The second kappa shape index (κ2) is 4.61. The fourth-order valence-electron chi connectivity index (χ4n) is 2.37. The third-order valence-corrected chi connectivity index (χ3v) is 3.22. The molecule has 3 aromatic rings. The number of benzene rings is 3. The zero-order chi connectivity index (χ0) is 13.2. The summed E-state index contributed by atoms with van der Waals surface area (Å²) >= 11 is 0. The highest BCUT2D eigenvalue weighted by atomic mass is 16.7. The molecule has 0 fully saturated rings. The van der Waals surface area contributed by atoms with Crippen LogP contribution in [-0.4, -0.2) is 6.16 Å². The van der Waals surface area contributed by atoms with Crippen LogP contribution >= 0.6 is 0 Å². The molecule has 0 saturated heterocycles. The van der Waals surface area contributed by atoms with Crippen molar-refractivity contribution >= 4 is 27.7 Å². The molecule has 0 heterocycles. The van der Waals surface area contributed by atoms with E-state index in [1.54, 1.807) is 0 Å². The molecule has 0 spiro atoms. The van der Waals surface area contributed by atoms with Crippen LogP contribution in [0, 0.1) is 0 Å². The molecule has 0 bridgehead atoms. The Bertz CT molecular complexity index is 762. The Hall–Kier alpha value is -2.55. The first-order chi connectivity index (χ1) is 9.25. The predicted octanol–water partition coefficient (Wildman–Crippen LogP) is 4.06. The zero-order valence-electron chi connectivity index (χ0n) is 10.1. The first-order valence-electron chi connectivity index (χ1n) is 5.99. The maximum absolute atomic E-state index is 10.4. The van der Waals surface area contributed by atoms with Gasteiger partial charge in [-0.25, -0.2) is 0 Å². The van der Waals surface area contributed by atoms with Gasteiger partial charge in [-0.05, 0) is 27.1 Å². The van der Waals surface area contributed by atoms with Gasteiger partial charge in [0, 0.05) is 0 Å². The Balaban J connectivity index is 2.20. The average Bonchev–Trinajstić information content (AvgIpc) is 2.44. The fourth-order valence-corrected chi connectivity index (χ4v) is 2.37. The highest BCUT2D eigenvalue weighted by Crippen LogP contribution is 2.27. The second-order valence-corrected chi connectivity index (χ2v) is 4.34. The van der Waals surface area contributed by atoms with Crippen LogP contribution in [0.2, 0.25) is 0 Å². The van der Waals surface area contributed by atoms with E-state index in [1.807, 2.05) is 42.5 Å². The number of hydrogen-bond acceptors (Lipinski definition) is 2. The number of hydrogen-bond donors (Lipinski definition) is 0. The highest BCUT2D eigenvalue weighted by molar-refractivity contribution is 6.08. The van der Waals surface area contributed by atoms with E-state index in [-0.39, 0.29) is 6.61 Å². The standard InChI is InChI=1S/C16H11O3/c17-16(18)19-10-12-5-3-7-15-13-6-2-1-4-11(13)8-9-14(12)15/h1-9H,10H2. The van der Waals surface area contributed by atoms with Gasteiger partial charge in [-0.1, -0.05) is 54.6 Å². The quantitative estimate of drug-likeness (QED) is 0.509. The lowest BCUT2D eigenvalue weighted by atomic mass is 9.99. The van der Waals surface area contributed by atoms with Crippen LogP contribution in [-0.2, 0) is 16.5 Å². The van der Waals surface area contributed by atoms with Gasteiger partial charge in [-0.3, -0.25) is 0 Å². The predicted molar refractivity (Wildman–Crippen MR) is 72.3 cm³/mol. The molecule has 3 aromatic carbocycles. The van der Waals surface area contributed by atoms with Gasteiger partial charge >= 0.3 is 6.16 Å². The van der Waals surface area contributed by atoms with Crippen LogP contribution in [0.5, 0.6) is 0 Å². The van der Waals surface area contributed by atoms with Crippen molar-refractivity contribution in [2.45, 2.75) is 6.61 Å². The van der Waals surface area contributed by atoms with E-state index in [0.717, 1.165) is 27.1 Å². The molecule has 3 nitrogen and oxygen atoms in total. The Labute approximate surface area is 110 Å². The van der Waals surface area contributed by atoms with E-state index in [1.165, 1.54) is 0 Å². The molecule has 93 valence electrons. The molecule has 1 radical (unpaired) electrons. The summed E-state index contributed by atoms with van der Waals surface area (Å²) in [4.78, 5) is 10.4. The second-order valence-electron chi connectivity index (χ2n) is 4.34. The van der Waals surface area contributed by atoms with Crippen molar-refractivity contribution < 1.29 is 14.6 Å². The van der Waals surface area contributed by atoms with E-state index in [4.69, 9.17) is 0 Å². The highest BCUT2D eigenvalue weighted by Gasteiger charge is 2.07. The summed E-state index contributed by atoms with van der Waals surface area (Å²) in [5, 5.41) is 14.8. The summed E-state index contributed by atoms with van der Waals surface area (Å²) in [6.45, 7) is 0.0119. The van der Waals surface area contributed by atoms with Crippen molar-refractivity contribution in [1.82, 2.24) is 0 Å². The van der Waals surface area contributed by atoms with Gasteiger partial charge in [0.25, 0.3) is 0 Å². The third-order valence-electron chi connectivity index (χ3n) is 3.22. The summed E-state index contributed by atoms with van der Waals surface area (Å²) in [6.07, 6.45) is -1.50. The molecule has 0 aliphatic carbocycles. The van der Waals surface area contributed by atoms with Crippen molar-refractivity contribution in [3.63, 3.8) is 0 Å². The molecule has 3 heteroatoms. The molecule has 0 aliphatic heterocycles. The van der Waals surface area contributed by atoms with Crippen LogP contribution < -0.4 is 0 Å². The summed E-state index contributed by atoms with van der Waals surface area (Å²) in [7, 11) is 0. The Morgan fingerprint density at radius 3 is 2.47 bits per heavy atom. The molecule has 0 saturated carbocycles. The number of fused-ring (bicyclic) bond motifs is 3. The first kappa shape index (κ1) is 11.5. The zero-order valence-corrected chi connectivity index (χ0v) is 10.1. The molecular weight excluding hydrogens is 240 g/mol. The van der Waals surface area contributed by atoms with E-state index < -0.39 is 6.16 Å². The molecule has 0 amide bonds. The van der Waals surface area contributed by atoms with Gasteiger partial charge in [0.15, 0.2) is 0 Å². The molecule has 0 N–H and O–H groups in total.